The van der Waals surface area contributed by atoms with E-state index >= 15 is 0 Å². The summed E-state index contributed by atoms with van der Waals surface area (Å²) in [7, 11) is 0. The van der Waals surface area contributed by atoms with Gasteiger partial charge in [0.1, 0.15) is 0 Å². The number of ether oxygens (including phenoxy) is 2. The minimum atomic E-state index is -0.0602. The van der Waals surface area contributed by atoms with Gasteiger partial charge in [-0.15, -0.1) is 0 Å². The first kappa shape index (κ1) is 14.9. The van der Waals surface area contributed by atoms with Crippen molar-refractivity contribution in [2.75, 3.05) is 25.2 Å². The minimum Gasteiger partial charge on any atom is -0.454 e. The second-order valence-electron chi connectivity index (χ2n) is 6.19. The van der Waals surface area contributed by atoms with Gasteiger partial charge in [-0.3, -0.25) is 0 Å². The fourth-order valence-corrected chi connectivity index (χ4v) is 3.19. The van der Waals surface area contributed by atoms with Gasteiger partial charge < -0.3 is 24.3 Å². The Kier molecular flexibility index (Phi) is 3.98. The summed E-state index contributed by atoms with van der Waals surface area (Å²) in [4.78, 5) is 18.4. The number of imidazole rings is 1. The molecule has 7 nitrogen and oxygen atoms in total. The summed E-state index contributed by atoms with van der Waals surface area (Å²) in [6.07, 6.45) is 7.64. The Hall–Kier alpha value is -2.70. The van der Waals surface area contributed by atoms with Crippen molar-refractivity contribution >= 4 is 11.7 Å². The second-order valence-corrected chi connectivity index (χ2v) is 6.19. The molecule has 0 radical (unpaired) electrons. The maximum absolute atomic E-state index is 12.4. The maximum Gasteiger partial charge on any atom is 0.321 e. The first-order valence-corrected chi connectivity index (χ1v) is 8.19. The molecule has 1 aromatic carbocycles. The number of benzene rings is 1. The molecule has 24 heavy (non-hydrogen) atoms. The van der Waals surface area contributed by atoms with E-state index in [-0.39, 0.29) is 12.8 Å². The Morgan fingerprint density at radius 2 is 2.08 bits per heavy atom. The van der Waals surface area contributed by atoms with Crippen molar-refractivity contribution in [3.8, 4) is 11.5 Å². The highest BCUT2D eigenvalue weighted by Gasteiger charge is 2.23. The molecule has 0 aliphatic carbocycles. The number of carbonyl (C=O) groups excluding carboxylic acids is 1. The molecule has 0 bridgehead atoms. The minimum absolute atomic E-state index is 0.0602. The van der Waals surface area contributed by atoms with Crippen molar-refractivity contribution in [1.82, 2.24) is 14.5 Å². The first-order valence-electron chi connectivity index (χ1n) is 8.19. The number of amides is 2. The Morgan fingerprint density at radius 1 is 1.25 bits per heavy atom. The van der Waals surface area contributed by atoms with E-state index in [2.05, 4.69) is 14.9 Å². The summed E-state index contributed by atoms with van der Waals surface area (Å²) in [6, 6.07) is 5.38. The average molecular weight is 328 g/mol. The highest BCUT2D eigenvalue weighted by atomic mass is 16.7. The zero-order valence-corrected chi connectivity index (χ0v) is 13.4. The number of hydrogen-bond donors (Lipinski definition) is 1. The maximum atomic E-state index is 12.4. The van der Waals surface area contributed by atoms with Crippen LogP contribution < -0.4 is 14.8 Å². The lowest BCUT2D eigenvalue weighted by atomic mass is 9.97. The molecule has 1 fully saturated rings. The number of carbonyl (C=O) groups is 1. The highest BCUT2D eigenvalue weighted by Crippen LogP contribution is 2.34. The van der Waals surface area contributed by atoms with Crippen LogP contribution in [0.4, 0.5) is 10.5 Å². The quantitative estimate of drug-likeness (QED) is 0.940. The number of likely N-dealkylation sites (tertiary alicyclic amines) is 1. The Bertz CT molecular complexity index is 709. The van der Waals surface area contributed by atoms with Gasteiger partial charge >= 0.3 is 6.03 Å². The van der Waals surface area contributed by atoms with Crippen LogP contribution >= 0.6 is 0 Å². The van der Waals surface area contributed by atoms with Crippen LogP contribution in [0.15, 0.2) is 36.9 Å². The number of rotatable bonds is 3. The molecule has 126 valence electrons. The van der Waals surface area contributed by atoms with Crippen LogP contribution in [-0.4, -0.2) is 40.4 Å². The van der Waals surface area contributed by atoms with Crippen molar-refractivity contribution in [3.63, 3.8) is 0 Å². The van der Waals surface area contributed by atoms with Gasteiger partial charge in [-0.05, 0) is 30.9 Å². The number of urea groups is 1. The Morgan fingerprint density at radius 3 is 2.88 bits per heavy atom. The number of piperidine rings is 1. The summed E-state index contributed by atoms with van der Waals surface area (Å²) in [5.41, 5.74) is 0.727. The molecule has 0 spiro atoms. The van der Waals surface area contributed by atoms with Crippen molar-refractivity contribution in [2.45, 2.75) is 19.4 Å². The average Bonchev–Trinajstić information content (AvgIpc) is 3.26. The molecular weight excluding hydrogens is 308 g/mol. The summed E-state index contributed by atoms with van der Waals surface area (Å²) >= 11 is 0. The van der Waals surface area contributed by atoms with E-state index in [9.17, 15) is 4.79 Å². The van der Waals surface area contributed by atoms with E-state index in [4.69, 9.17) is 9.47 Å². The predicted molar refractivity (Wildman–Crippen MR) is 88.1 cm³/mol. The van der Waals surface area contributed by atoms with Crippen LogP contribution in [0.3, 0.4) is 0 Å². The number of nitrogens with zero attached hydrogens (tertiary/aromatic N) is 3. The van der Waals surface area contributed by atoms with E-state index in [1.54, 1.807) is 12.3 Å². The molecule has 1 N–H and O–H groups in total. The molecule has 2 aliphatic rings. The van der Waals surface area contributed by atoms with Crippen LogP contribution in [-0.2, 0) is 6.54 Å². The van der Waals surface area contributed by atoms with Gasteiger partial charge in [0, 0.05) is 43.8 Å². The number of hydrogen-bond acceptors (Lipinski definition) is 4. The van der Waals surface area contributed by atoms with Gasteiger partial charge in [-0.1, -0.05) is 0 Å². The van der Waals surface area contributed by atoms with Crippen LogP contribution in [0.25, 0.3) is 0 Å². The van der Waals surface area contributed by atoms with Crippen LogP contribution in [0, 0.1) is 5.92 Å². The Labute approximate surface area is 140 Å². The lowest BCUT2D eigenvalue weighted by Gasteiger charge is -2.32. The molecule has 2 amide bonds. The highest BCUT2D eigenvalue weighted by molar-refractivity contribution is 5.89. The SMILES string of the molecule is O=C(Nc1ccc2c(c1)OCO2)N1CCC(Cn2ccnc2)CC1. The van der Waals surface area contributed by atoms with E-state index < -0.39 is 0 Å². The lowest BCUT2D eigenvalue weighted by molar-refractivity contribution is 0.174. The molecule has 0 saturated carbocycles. The van der Waals surface area contributed by atoms with E-state index in [1.165, 1.54) is 0 Å². The fraction of sp³-hybridized carbons (Fsp3) is 0.412. The number of nitrogens with one attached hydrogen (secondary N) is 1. The molecule has 0 atom stereocenters. The molecule has 1 aromatic heterocycles. The number of aromatic nitrogens is 2. The zero-order chi connectivity index (χ0) is 16.4. The van der Waals surface area contributed by atoms with Crippen molar-refractivity contribution < 1.29 is 14.3 Å². The second kappa shape index (κ2) is 6.43. The van der Waals surface area contributed by atoms with Gasteiger partial charge in [0.15, 0.2) is 11.5 Å². The summed E-state index contributed by atoms with van der Waals surface area (Å²) < 4.78 is 12.7. The molecule has 3 heterocycles. The third kappa shape index (κ3) is 3.15. The fourth-order valence-electron chi connectivity index (χ4n) is 3.19. The lowest BCUT2D eigenvalue weighted by Crippen LogP contribution is -2.41. The van der Waals surface area contributed by atoms with Gasteiger partial charge in [-0.25, -0.2) is 9.78 Å². The summed E-state index contributed by atoms with van der Waals surface area (Å²) in [6.45, 7) is 2.75. The van der Waals surface area contributed by atoms with Gasteiger partial charge in [0.05, 0.1) is 6.33 Å². The van der Waals surface area contributed by atoms with Crippen molar-refractivity contribution in [2.24, 2.45) is 5.92 Å². The molecule has 0 unspecified atom stereocenters. The molecule has 4 rings (SSSR count). The smallest absolute Gasteiger partial charge is 0.321 e. The topological polar surface area (TPSA) is 68.6 Å². The third-order valence-electron chi connectivity index (χ3n) is 4.55. The third-order valence-corrected chi connectivity index (χ3v) is 4.55. The predicted octanol–water partition coefficient (Wildman–Crippen LogP) is 2.56. The summed E-state index contributed by atoms with van der Waals surface area (Å²) in [5.74, 6) is 1.98. The number of fused-ring (bicyclic) bond motifs is 1. The molecule has 7 heteroatoms. The normalized spacial score (nSPS) is 17.1. The van der Waals surface area contributed by atoms with Crippen LogP contribution in [0.2, 0.25) is 0 Å². The monoisotopic (exact) mass is 328 g/mol. The van der Waals surface area contributed by atoms with E-state index in [0.29, 0.717) is 17.4 Å². The summed E-state index contributed by atoms with van der Waals surface area (Å²) in [5, 5.41) is 2.94. The van der Waals surface area contributed by atoms with Crippen molar-refractivity contribution in [3.05, 3.63) is 36.9 Å². The van der Waals surface area contributed by atoms with E-state index in [0.717, 1.165) is 38.2 Å². The first-order chi connectivity index (χ1) is 11.8. The molecule has 1 saturated heterocycles. The van der Waals surface area contributed by atoms with Crippen LogP contribution in [0.5, 0.6) is 11.5 Å². The molecule has 2 aromatic rings. The van der Waals surface area contributed by atoms with Crippen LogP contribution in [0.1, 0.15) is 12.8 Å². The van der Waals surface area contributed by atoms with Gasteiger partial charge in [-0.2, -0.15) is 0 Å². The Balaban J connectivity index is 1.30. The molecular formula is C17H20N4O3. The largest absolute Gasteiger partial charge is 0.454 e. The van der Waals surface area contributed by atoms with Crippen molar-refractivity contribution in [1.29, 1.82) is 0 Å². The van der Waals surface area contributed by atoms with Gasteiger partial charge in [0.2, 0.25) is 6.79 Å². The van der Waals surface area contributed by atoms with Gasteiger partial charge in [0.25, 0.3) is 0 Å². The standard InChI is InChI=1S/C17H20N4O3/c22-17(19-14-1-2-15-16(9-14)24-12-23-15)21-6-3-13(4-7-21)10-20-8-5-18-11-20/h1-2,5,8-9,11,13H,3-4,6-7,10,12H2,(H,19,22). The zero-order valence-electron chi connectivity index (χ0n) is 13.4. The molecule has 2 aliphatic heterocycles. The number of anilines is 1. The van der Waals surface area contributed by atoms with E-state index in [1.807, 2.05) is 29.6 Å².